The monoisotopic (exact) mass is 288 g/mol. The summed E-state index contributed by atoms with van der Waals surface area (Å²) in [6.07, 6.45) is 0. The second kappa shape index (κ2) is 6.86. The minimum absolute atomic E-state index is 0.0519. The third-order valence-corrected chi connectivity index (χ3v) is 3.59. The van der Waals surface area contributed by atoms with Gasteiger partial charge in [-0.05, 0) is 32.9 Å². The molecule has 0 aliphatic heterocycles. The minimum Gasteiger partial charge on any atom is -0.373 e. The molecule has 18 heavy (non-hydrogen) atoms. The number of likely N-dealkylation sites (N-methyl/N-ethyl adjacent to an activating group) is 1. The molecule has 0 fully saturated rings. The van der Waals surface area contributed by atoms with Crippen molar-refractivity contribution in [1.29, 1.82) is 0 Å². The molecule has 1 aromatic rings. The maximum Gasteiger partial charge on any atom is 0.244 e. The molecule has 1 atom stereocenters. The van der Waals surface area contributed by atoms with E-state index in [0.29, 0.717) is 28.8 Å². The van der Waals surface area contributed by atoms with Gasteiger partial charge in [0.25, 0.3) is 0 Å². The molecule has 0 radical (unpaired) electrons. The van der Waals surface area contributed by atoms with E-state index in [1.54, 1.807) is 23.1 Å². The quantitative estimate of drug-likeness (QED) is 0.897. The van der Waals surface area contributed by atoms with Crippen molar-refractivity contribution >= 4 is 34.8 Å². The Morgan fingerprint density at radius 3 is 2.50 bits per heavy atom. The molecule has 0 saturated heterocycles. The van der Waals surface area contributed by atoms with Gasteiger partial charge in [0.05, 0.1) is 15.7 Å². The van der Waals surface area contributed by atoms with Crippen molar-refractivity contribution in [1.82, 2.24) is 4.90 Å². The summed E-state index contributed by atoms with van der Waals surface area (Å²) in [5, 5.41) is 4.01. The van der Waals surface area contributed by atoms with E-state index >= 15 is 0 Å². The van der Waals surface area contributed by atoms with E-state index in [-0.39, 0.29) is 11.9 Å². The van der Waals surface area contributed by atoms with Gasteiger partial charge in [-0.3, -0.25) is 4.79 Å². The molecule has 1 amide bonds. The predicted molar refractivity (Wildman–Crippen MR) is 77.5 cm³/mol. The van der Waals surface area contributed by atoms with Crippen molar-refractivity contribution in [3.05, 3.63) is 28.2 Å². The van der Waals surface area contributed by atoms with Gasteiger partial charge in [0, 0.05) is 13.1 Å². The van der Waals surface area contributed by atoms with Crippen LogP contribution in [0.3, 0.4) is 0 Å². The van der Waals surface area contributed by atoms with Crippen LogP contribution in [0.1, 0.15) is 20.8 Å². The second-order valence-corrected chi connectivity index (χ2v) is 4.76. The van der Waals surface area contributed by atoms with Gasteiger partial charge in [-0.15, -0.1) is 0 Å². The minimum atomic E-state index is -0.333. The number of hydrogen-bond acceptors (Lipinski definition) is 2. The fourth-order valence-electron chi connectivity index (χ4n) is 1.72. The van der Waals surface area contributed by atoms with E-state index in [1.807, 2.05) is 20.8 Å². The molecule has 0 bridgehead atoms. The van der Waals surface area contributed by atoms with E-state index < -0.39 is 0 Å². The van der Waals surface area contributed by atoms with E-state index in [9.17, 15) is 4.79 Å². The van der Waals surface area contributed by atoms with Gasteiger partial charge in [-0.1, -0.05) is 29.3 Å². The number of hydrogen-bond donors (Lipinski definition) is 1. The normalized spacial score (nSPS) is 12.1. The predicted octanol–water partition coefficient (Wildman–Crippen LogP) is 3.66. The highest BCUT2D eigenvalue weighted by Gasteiger charge is 2.18. The van der Waals surface area contributed by atoms with Crippen molar-refractivity contribution in [2.24, 2.45) is 0 Å². The van der Waals surface area contributed by atoms with Crippen LogP contribution in [-0.4, -0.2) is 29.9 Å². The van der Waals surface area contributed by atoms with Gasteiger partial charge >= 0.3 is 0 Å². The Balaban J connectivity index is 2.78. The summed E-state index contributed by atoms with van der Waals surface area (Å²) in [6.45, 7) is 7.13. The number of carbonyl (C=O) groups excluding carboxylic acids is 1. The average Bonchev–Trinajstić information content (AvgIpc) is 2.36. The molecule has 0 heterocycles. The van der Waals surface area contributed by atoms with E-state index in [1.165, 1.54) is 0 Å². The molecular weight excluding hydrogens is 271 g/mol. The Bertz CT molecular complexity index is 419. The van der Waals surface area contributed by atoms with Crippen LogP contribution in [0, 0.1) is 0 Å². The summed E-state index contributed by atoms with van der Waals surface area (Å²) >= 11 is 12.0. The third-order valence-electron chi connectivity index (χ3n) is 2.77. The molecule has 0 spiro atoms. The van der Waals surface area contributed by atoms with Gasteiger partial charge < -0.3 is 10.2 Å². The SMILES string of the molecule is CCN(CC)C(=O)C(C)Nc1cccc(Cl)c1Cl. The zero-order valence-corrected chi connectivity index (χ0v) is 12.3. The highest BCUT2D eigenvalue weighted by Crippen LogP contribution is 2.29. The molecule has 1 N–H and O–H groups in total. The number of amides is 1. The number of nitrogens with one attached hydrogen (secondary N) is 1. The van der Waals surface area contributed by atoms with E-state index in [2.05, 4.69) is 5.32 Å². The van der Waals surface area contributed by atoms with E-state index in [4.69, 9.17) is 23.2 Å². The lowest BCUT2D eigenvalue weighted by Crippen LogP contribution is -2.41. The maximum absolute atomic E-state index is 12.1. The Morgan fingerprint density at radius 1 is 1.33 bits per heavy atom. The maximum atomic E-state index is 12.1. The number of anilines is 1. The molecule has 1 rings (SSSR count). The lowest BCUT2D eigenvalue weighted by molar-refractivity contribution is -0.131. The van der Waals surface area contributed by atoms with Crippen LogP contribution < -0.4 is 5.32 Å². The second-order valence-electron chi connectivity index (χ2n) is 3.98. The molecule has 0 aliphatic rings. The number of rotatable bonds is 5. The van der Waals surface area contributed by atoms with Crippen molar-refractivity contribution < 1.29 is 4.79 Å². The van der Waals surface area contributed by atoms with Crippen molar-refractivity contribution in [2.45, 2.75) is 26.8 Å². The zero-order valence-electron chi connectivity index (χ0n) is 10.8. The summed E-state index contributed by atoms with van der Waals surface area (Å²) in [7, 11) is 0. The summed E-state index contributed by atoms with van der Waals surface area (Å²) in [5.74, 6) is 0.0519. The molecule has 1 unspecified atom stereocenters. The van der Waals surface area contributed by atoms with Crippen molar-refractivity contribution in [2.75, 3.05) is 18.4 Å². The number of carbonyl (C=O) groups is 1. The number of halogens is 2. The first-order chi connectivity index (χ1) is 8.51. The van der Waals surface area contributed by atoms with E-state index in [0.717, 1.165) is 0 Å². The Hall–Kier alpha value is -0.930. The molecular formula is C13H18Cl2N2O. The first-order valence-corrected chi connectivity index (χ1v) is 6.76. The average molecular weight is 289 g/mol. The zero-order chi connectivity index (χ0) is 13.7. The highest BCUT2D eigenvalue weighted by molar-refractivity contribution is 6.43. The topological polar surface area (TPSA) is 32.3 Å². The Labute approximate surface area is 118 Å². The molecule has 0 saturated carbocycles. The van der Waals surface area contributed by atoms with Crippen molar-refractivity contribution in [3.63, 3.8) is 0 Å². The third kappa shape index (κ3) is 3.53. The summed E-state index contributed by atoms with van der Waals surface area (Å²) in [5.41, 5.74) is 0.678. The number of benzene rings is 1. The first-order valence-electron chi connectivity index (χ1n) is 6.00. The fourth-order valence-corrected chi connectivity index (χ4v) is 2.07. The summed E-state index contributed by atoms with van der Waals surface area (Å²) < 4.78 is 0. The smallest absolute Gasteiger partial charge is 0.244 e. The van der Waals surface area contributed by atoms with Crippen LogP contribution in [0.5, 0.6) is 0 Å². The van der Waals surface area contributed by atoms with Gasteiger partial charge in [0.15, 0.2) is 0 Å². The van der Waals surface area contributed by atoms with Crippen LogP contribution in [0.15, 0.2) is 18.2 Å². The highest BCUT2D eigenvalue weighted by atomic mass is 35.5. The molecule has 0 aliphatic carbocycles. The standard InChI is InChI=1S/C13H18Cl2N2O/c1-4-17(5-2)13(18)9(3)16-11-8-6-7-10(14)12(11)15/h6-9,16H,4-5H2,1-3H3. The number of nitrogens with zero attached hydrogens (tertiary/aromatic N) is 1. The molecule has 1 aromatic carbocycles. The van der Waals surface area contributed by atoms with Gasteiger partial charge in [0.1, 0.15) is 6.04 Å². The first kappa shape index (κ1) is 15.1. The van der Waals surface area contributed by atoms with Crippen LogP contribution in [0.25, 0.3) is 0 Å². The van der Waals surface area contributed by atoms with Crippen LogP contribution in [0.4, 0.5) is 5.69 Å². The molecule has 0 aromatic heterocycles. The molecule has 3 nitrogen and oxygen atoms in total. The molecule has 5 heteroatoms. The molecule has 100 valence electrons. The van der Waals surface area contributed by atoms with Crippen LogP contribution >= 0.6 is 23.2 Å². The van der Waals surface area contributed by atoms with Crippen LogP contribution in [0.2, 0.25) is 10.0 Å². The summed E-state index contributed by atoms with van der Waals surface area (Å²) in [6, 6.07) is 4.98. The van der Waals surface area contributed by atoms with Gasteiger partial charge in [-0.2, -0.15) is 0 Å². The lowest BCUT2D eigenvalue weighted by atomic mass is 10.2. The van der Waals surface area contributed by atoms with Crippen LogP contribution in [-0.2, 0) is 4.79 Å². The lowest BCUT2D eigenvalue weighted by Gasteiger charge is -2.24. The Kier molecular flexibility index (Phi) is 5.76. The van der Waals surface area contributed by atoms with Gasteiger partial charge in [0.2, 0.25) is 5.91 Å². The Morgan fingerprint density at radius 2 is 1.94 bits per heavy atom. The fraction of sp³-hybridized carbons (Fsp3) is 0.462. The largest absolute Gasteiger partial charge is 0.373 e. The summed E-state index contributed by atoms with van der Waals surface area (Å²) in [4.78, 5) is 13.9. The van der Waals surface area contributed by atoms with Crippen molar-refractivity contribution in [3.8, 4) is 0 Å². The van der Waals surface area contributed by atoms with Gasteiger partial charge in [-0.25, -0.2) is 0 Å².